The van der Waals surface area contributed by atoms with Crippen LogP contribution in [0.3, 0.4) is 0 Å². The molecule has 3 N–H and O–H groups in total. The molecule has 2 aliphatic rings. The number of ether oxygens (including phenoxy) is 3. The Bertz CT molecular complexity index is 1610. The van der Waals surface area contributed by atoms with Gasteiger partial charge < -0.3 is 30.0 Å². The quantitative estimate of drug-likeness (QED) is 0.239. The lowest BCUT2D eigenvalue weighted by atomic mass is 10.1. The van der Waals surface area contributed by atoms with Crippen LogP contribution in [0.4, 0.5) is 11.9 Å². The fourth-order valence-corrected chi connectivity index (χ4v) is 4.77. The Morgan fingerprint density at radius 3 is 1.63 bits per heavy atom. The van der Waals surface area contributed by atoms with E-state index in [0.29, 0.717) is 35.6 Å². The second-order valence-corrected chi connectivity index (χ2v) is 10.6. The third-order valence-electron chi connectivity index (χ3n) is 7.27. The third kappa shape index (κ3) is 8.60. The van der Waals surface area contributed by atoms with Gasteiger partial charge >= 0.3 is 11.9 Å². The van der Waals surface area contributed by atoms with Crippen molar-refractivity contribution in [2.24, 2.45) is 0 Å². The van der Waals surface area contributed by atoms with Crippen LogP contribution >= 0.6 is 0 Å². The van der Waals surface area contributed by atoms with Gasteiger partial charge in [-0.05, 0) is 39.5 Å². The first-order chi connectivity index (χ1) is 21.8. The summed E-state index contributed by atoms with van der Waals surface area (Å²) in [5.74, 6) is 0.840. The molecule has 2 aliphatic heterocycles. The number of aromatic nitrogens is 8. The number of methoxy groups -OCH3 is 1. The molecule has 0 bridgehead atoms. The van der Waals surface area contributed by atoms with Crippen LogP contribution in [0.1, 0.15) is 65.2 Å². The van der Waals surface area contributed by atoms with E-state index in [9.17, 15) is 9.59 Å². The van der Waals surface area contributed by atoms with E-state index in [1.807, 2.05) is 13.8 Å². The van der Waals surface area contributed by atoms with Crippen molar-refractivity contribution in [2.75, 3.05) is 44.2 Å². The highest BCUT2D eigenvalue weighted by molar-refractivity contribution is 5.87. The molecular formula is C30H40N10O6. The molecule has 46 heavy (non-hydrogen) atoms. The van der Waals surface area contributed by atoms with Crippen LogP contribution in [0.5, 0.6) is 0 Å². The molecule has 0 atom stereocenters. The molecule has 0 radical (unpaired) electrons. The van der Waals surface area contributed by atoms with Crippen LogP contribution in [0.2, 0.25) is 0 Å². The maximum atomic E-state index is 11.5. The molecule has 4 aromatic heterocycles. The first-order valence-electron chi connectivity index (χ1n) is 14.6. The Kier molecular flexibility index (Phi) is 11.7. The van der Waals surface area contributed by atoms with Crippen LogP contribution in [0.25, 0.3) is 11.6 Å². The second-order valence-electron chi connectivity index (χ2n) is 10.6. The van der Waals surface area contributed by atoms with Crippen molar-refractivity contribution >= 4 is 23.8 Å². The number of nitrogens with zero attached hydrogens (tertiary/aromatic N) is 8. The average molecular weight is 637 g/mol. The van der Waals surface area contributed by atoms with E-state index in [0.717, 1.165) is 63.2 Å². The monoisotopic (exact) mass is 636 g/mol. The lowest BCUT2D eigenvalue weighted by molar-refractivity contribution is 0.0593. The molecule has 0 aliphatic carbocycles. The minimum absolute atomic E-state index is 0. The van der Waals surface area contributed by atoms with Crippen LogP contribution < -0.4 is 10.6 Å². The van der Waals surface area contributed by atoms with E-state index < -0.39 is 11.9 Å². The number of carbonyl (C=O) groups is 2. The molecule has 16 nitrogen and oxygen atoms in total. The van der Waals surface area contributed by atoms with Gasteiger partial charge in [-0.15, -0.1) is 0 Å². The molecular weight excluding hydrogens is 596 g/mol. The summed E-state index contributed by atoms with van der Waals surface area (Å²) in [6.45, 7) is 6.75. The van der Waals surface area contributed by atoms with Crippen molar-refractivity contribution < 1.29 is 28.9 Å². The number of anilines is 2. The molecule has 6 heterocycles. The van der Waals surface area contributed by atoms with E-state index >= 15 is 0 Å². The molecule has 16 heteroatoms. The minimum Gasteiger partial charge on any atom is -0.476 e. The van der Waals surface area contributed by atoms with Crippen LogP contribution in [-0.2, 0) is 14.2 Å². The zero-order valence-electron chi connectivity index (χ0n) is 25.3. The summed E-state index contributed by atoms with van der Waals surface area (Å²) in [7, 11) is 1.33. The van der Waals surface area contributed by atoms with E-state index in [1.165, 1.54) is 19.6 Å². The van der Waals surface area contributed by atoms with E-state index in [-0.39, 0.29) is 18.8 Å². The van der Waals surface area contributed by atoms with Gasteiger partial charge in [-0.2, -0.15) is 9.97 Å². The van der Waals surface area contributed by atoms with Crippen molar-refractivity contribution in [1.29, 1.82) is 0 Å². The van der Waals surface area contributed by atoms with Crippen molar-refractivity contribution in [3.63, 3.8) is 0 Å². The van der Waals surface area contributed by atoms with Crippen molar-refractivity contribution in [2.45, 2.75) is 59.0 Å². The topological polar surface area (TPSA) is 193 Å². The van der Waals surface area contributed by atoms with Gasteiger partial charge in [-0.1, -0.05) is 7.43 Å². The van der Waals surface area contributed by atoms with Gasteiger partial charge in [-0.3, -0.25) is 9.13 Å². The normalized spacial score (nSPS) is 15.2. The number of hydrogen-bond donors (Lipinski definition) is 3. The molecule has 0 aromatic carbocycles. The Hall–Kier alpha value is -4.96. The number of aromatic carboxylic acids is 1. The van der Waals surface area contributed by atoms with Crippen LogP contribution in [0, 0.1) is 13.8 Å². The van der Waals surface area contributed by atoms with Crippen LogP contribution in [0.15, 0.2) is 37.4 Å². The summed E-state index contributed by atoms with van der Waals surface area (Å²) in [5.41, 5.74) is 1.95. The highest BCUT2D eigenvalue weighted by Gasteiger charge is 2.18. The van der Waals surface area contributed by atoms with E-state index in [2.05, 4.69) is 45.3 Å². The van der Waals surface area contributed by atoms with Crippen molar-refractivity contribution in [1.82, 2.24) is 39.0 Å². The zero-order valence-corrected chi connectivity index (χ0v) is 25.3. The fourth-order valence-electron chi connectivity index (χ4n) is 4.77. The number of nitrogens with one attached hydrogen (secondary N) is 2. The summed E-state index contributed by atoms with van der Waals surface area (Å²) in [6.07, 6.45) is 13.2. The van der Waals surface area contributed by atoms with Gasteiger partial charge in [0.1, 0.15) is 24.3 Å². The summed E-state index contributed by atoms with van der Waals surface area (Å²) in [6, 6.07) is 0.606. The molecule has 4 aromatic rings. The SMILES string of the molecule is C.COC(=O)c1cn(-c2nc(NC3CCOCC3)ncc2C)cn1.Cc1cnc(NC2CCOCC2)nc1-n1cnc(C(=O)O)c1. The number of carbonyl (C=O) groups excluding carboxylic acids is 1. The van der Waals surface area contributed by atoms with E-state index in [4.69, 9.17) is 14.6 Å². The van der Waals surface area contributed by atoms with Gasteiger partial charge in [0.25, 0.3) is 0 Å². The predicted octanol–water partition coefficient (Wildman–Crippen LogP) is 3.24. The molecule has 2 fully saturated rings. The first-order valence-corrected chi connectivity index (χ1v) is 14.6. The maximum Gasteiger partial charge on any atom is 0.358 e. The summed E-state index contributed by atoms with van der Waals surface area (Å²) in [5, 5.41) is 15.6. The molecule has 246 valence electrons. The molecule has 2 saturated heterocycles. The fraction of sp³-hybridized carbons (Fsp3) is 0.467. The van der Waals surface area contributed by atoms with Gasteiger partial charge in [0.05, 0.1) is 7.11 Å². The Morgan fingerprint density at radius 1 is 0.783 bits per heavy atom. The van der Waals surface area contributed by atoms with Gasteiger partial charge in [0.2, 0.25) is 11.9 Å². The van der Waals surface area contributed by atoms with Gasteiger partial charge in [0.15, 0.2) is 11.4 Å². The lowest BCUT2D eigenvalue weighted by Gasteiger charge is -2.23. The number of carboxylic acid groups (broad SMARTS) is 1. The zero-order chi connectivity index (χ0) is 31.8. The average Bonchev–Trinajstić information content (AvgIpc) is 3.75. The Morgan fingerprint density at radius 2 is 1.22 bits per heavy atom. The van der Waals surface area contributed by atoms with Gasteiger partial charge in [-0.25, -0.2) is 29.5 Å². The predicted molar refractivity (Wildman–Crippen MR) is 168 cm³/mol. The van der Waals surface area contributed by atoms with Gasteiger partial charge in [0, 0.05) is 74.4 Å². The lowest BCUT2D eigenvalue weighted by Crippen LogP contribution is -2.28. The number of imidazole rings is 2. The number of aryl methyl sites for hydroxylation is 2. The third-order valence-corrected chi connectivity index (χ3v) is 7.27. The number of hydrogen-bond acceptors (Lipinski definition) is 13. The summed E-state index contributed by atoms with van der Waals surface area (Å²) < 4.78 is 18.6. The number of carboxylic acids is 1. The van der Waals surface area contributed by atoms with Crippen molar-refractivity contribution in [3.05, 3.63) is 60.0 Å². The highest BCUT2D eigenvalue weighted by Crippen LogP contribution is 2.18. The number of esters is 1. The minimum atomic E-state index is -1.06. The second kappa shape index (κ2) is 15.9. The van der Waals surface area contributed by atoms with E-state index in [1.54, 1.807) is 34.1 Å². The summed E-state index contributed by atoms with van der Waals surface area (Å²) >= 11 is 0. The molecule has 0 spiro atoms. The van der Waals surface area contributed by atoms with Crippen LogP contribution in [-0.4, -0.2) is 102 Å². The standard InChI is InChI=1S/C15H19N5O3.C14H17N5O3.CH4/c1-10-7-16-15(18-11-3-5-23-6-4-11)19-13(10)20-8-12(17-9-20)14(21)22-2;1-9-6-15-14(17-10-2-4-22-5-3-10)18-12(9)19-7-11(13(20)21)16-8-19;/h7-9,11H,3-6H2,1-2H3,(H,16,18,19);6-8,10H,2-5H2,1H3,(H,20,21)(H,15,17,18);1H4. The Labute approximate surface area is 266 Å². The summed E-state index contributed by atoms with van der Waals surface area (Å²) in [4.78, 5) is 48.0. The number of rotatable bonds is 8. The van der Waals surface area contributed by atoms with Crippen molar-refractivity contribution in [3.8, 4) is 11.6 Å². The highest BCUT2D eigenvalue weighted by atomic mass is 16.5. The molecule has 6 rings (SSSR count). The Balaban J connectivity index is 0.000000205. The molecule has 0 saturated carbocycles. The first kappa shape index (κ1) is 33.9. The largest absolute Gasteiger partial charge is 0.476 e. The maximum absolute atomic E-state index is 11.5. The molecule has 0 amide bonds. The smallest absolute Gasteiger partial charge is 0.358 e. The molecule has 0 unspecified atom stereocenters.